The summed E-state index contributed by atoms with van der Waals surface area (Å²) in [6.45, 7) is 3.86. The van der Waals surface area contributed by atoms with Crippen LogP contribution in [0.2, 0.25) is 0 Å². The molecule has 1 fully saturated rings. The van der Waals surface area contributed by atoms with Crippen LogP contribution in [0.4, 0.5) is 0 Å². The summed E-state index contributed by atoms with van der Waals surface area (Å²) < 4.78 is 0. The van der Waals surface area contributed by atoms with E-state index in [0.29, 0.717) is 0 Å². The molecule has 0 unspecified atom stereocenters. The number of nitrogens with one attached hydrogen (secondary N) is 2. The number of hydrogen-bond acceptors (Lipinski definition) is 2. The normalized spacial score (nSPS) is 18.3. The smallest absolute Gasteiger partial charge is 0.257 e. The first-order valence-corrected chi connectivity index (χ1v) is 6.52. The molecule has 0 bridgehead atoms. The fraction of sp³-hybridized carbons (Fsp3) is 0.571. The van der Waals surface area contributed by atoms with Gasteiger partial charge >= 0.3 is 0 Å². The second kappa shape index (κ2) is 4.96. The molecule has 0 atom stereocenters. The average Bonchev–Trinajstić information content (AvgIpc) is 2.28. The number of H-pyrrole nitrogens is 1. The quantitative estimate of drug-likeness (QED) is 0.842. The Balaban J connectivity index is 2.14. The van der Waals surface area contributed by atoms with Crippen LogP contribution in [0, 0.1) is 6.92 Å². The summed E-state index contributed by atoms with van der Waals surface area (Å²) in [5, 5.41) is 3.01. The first kappa shape index (κ1) is 12.9. The monoisotopic (exact) mass is 248 g/mol. The molecule has 0 spiro atoms. The van der Waals surface area contributed by atoms with E-state index >= 15 is 0 Å². The lowest BCUT2D eigenvalue weighted by atomic mass is 9.83. The van der Waals surface area contributed by atoms with Crippen molar-refractivity contribution in [3.8, 4) is 0 Å². The highest BCUT2D eigenvalue weighted by molar-refractivity contribution is 5.94. The van der Waals surface area contributed by atoms with Gasteiger partial charge in [-0.1, -0.05) is 19.3 Å². The maximum Gasteiger partial charge on any atom is 0.257 e. The van der Waals surface area contributed by atoms with E-state index in [-0.39, 0.29) is 22.4 Å². The fourth-order valence-electron chi connectivity index (χ4n) is 2.55. The van der Waals surface area contributed by atoms with Gasteiger partial charge < -0.3 is 10.3 Å². The van der Waals surface area contributed by atoms with E-state index in [1.165, 1.54) is 18.7 Å². The largest absolute Gasteiger partial charge is 0.364 e. The summed E-state index contributed by atoms with van der Waals surface area (Å²) in [6, 6.07) is 1.46. The van der Waals surface area contributed by atoms with Crippen LogP contribution in [-0.2, 0) is 0 Å². The van der Waals surface area contributed by atoms with Crippen LogP contribution in [0.1, 0.15) is 55.1 Å². The van der Waals surface area contributed by atoms with Crippen molar-refractivity contribution < 1.29 is 4.79 Å². The summed E-state index contributed by atoms with van der Waals surface area (Å²) >= 11 is 0. The lowest BCUT2D eigenvalue weighted by Crippen LogP contribution is -2.48. The van der Waals surface area contributed by atoms with Crippen molar-refractivity contribution in [1.82, 2.24) is 10.3 Å². The number of carbonyl (C=O) groups is 1. The number of aromatic amines is 1. The van der Waals surface area contributed by atoms with Gasteiger partial charge in [-0.15, -0.1) is 0 Å². The first-order chi connectivity index (χ1) is 8.50. The Morgan fingerprint density at radius 3 is 2.61 bits per heavy atom. The standard InChI is InChI=1S/C14H20N2O2/c1-10-8-12(17)11(9-15-10)13(18)16-14(2)6-4-3-5-7-14/h8-9H,3-7H2,1-2H3,(H,15,17)(H,16,18). The van der Waals surface area contributed by atoms with Crippen molar-refractivity contribution in [2.45, 2.75) is 51.5 Å². The second-order valence-corrected chi connectivity index (χ2v) is 5.47. The van der Waals surface area contributed by atoms with Crippen LogP contribution in [-0.4, -0.2) is 16.4 Å². The molecule has 1 aromatic rings. The van der Waals surface area contributed by atoms with E-state index in [4.69, 9.17) is 0 Å². The molecule has 0 saturated heterocycles. The zero-order valence-electron chi connectivity index (χ0n) is 11.0. The van der Waals surface area contributed by atoms with Gasteiger partial charge in [-0.05, 0) is 26.7 Å². The number of rotatable bonds is 2. The molecule has 2 rings (SSSR count). The first-order valence-electron chi connectivity index (χ1n) is 6.52. The molecular weight excluding hydrogens is 228 g/mol. The third-order valence-corrected chi connectivity index (χ3v) is 3.67. The minimum absolute atomic E-state index is 0.160. The topological polar surface area (TPSA) is 62.0 Å². The van der Waals surface area contributed by atoms with Crippen molar-refractivity contribution in [3.63, 3.8) is 0 Å². The van der Waals surface area contributed by atoms with Crippen molar-refractivity contribution in [3.05, 3.63) is 33.7 Å². The van der Waals surface area contributed by atoms with Crippen molar-refractivity contribution in [2.24, 2.45) is 0 Å². The lowest BCUT2D eigenvalue weighted by Gasteiger charge is -2.34. The third kappa shape index (κ3) is 2.81. The highest BCUT2D eigenvalue weighted by Crippen LogP contribution is 2.27. The van der Waals surface area contributed by atoms with E-state index in [0.717, 1.165) is 31.4 Å². The van der Waals surface area contributed by atoms with Gasteiger partial charge in [-0.25, -0.2) is 0 Å². The molecule has 4 heteroatoms. The molecular formula is C14H20N2O2. The molecule has 1 aliphatic rings. The molecule has 2 N–H and O–H groups in total. The SMILES string of the molecule is Cc1cc(=O)c(C(=O)NC2(C)CCCCC2)c[nH]1. The molecule has 1 aliphatic carbocycles. The molecule has 1 aromatic heterocycles. The minimum atomic E-state index is -0.263. The zero-order valence-corrected chi connectivity index (χ0v) is 11.0. The Labute approximate surface area is 107 Å². The summed E-state index contributed by atoms with van der Waals surface area (Å²) in [6.07, 6.45) is 6.99. The van der Waals surface area contributed by atoms with Gasteiger partial charge in [-0.2, -0.15) is 0 Å². The number of amides is 1. The van der Waals surface area contributed by atoms with Gasteiger partial charge in [0.15, 0.2) is 5.43 Å². The average molecular weight is 248 g/mol. The minimum Gasteiger partial charge on any atom is -0.364 e. The third-order valence-electron chi connectivity index (χ3n) is 3.67. The van der Waals surface area contributed by atoms with Crippen LogP contribution >= 0.6 is 0 Å². The number of aryl methyl sites for hydroxylation is 1. The Bertz CT molecular complexity index is 499. The number of carbonyl (C=O) groups excluding carboxylic acids is 1. The fourth-order valence-corrected chi connectivity index (χ4v) is 2.55. The Hall–Kier alpha value is -1.58. The molecule has 0 aromatic carbocycles. The van der Waals surface area contributed by atoms with Gasteiger partial charge in [0.2, 0.25) is 0 Å². The second-order valence-electron chi connectivity index (χ2n) is 5.47. The highest BCUT2D eigenvalue weighted by Gasteiger charge is 2.29. The van der Waals surface area contributed by atoms with Crippen LogP contribution in [0.5, 0.6) is 0 Å². The Morgan fingerprint density at radius 2 is 2.00 bits per heavy atom. The summed E-state index contributed by atoms with van der Waals surface area (Å²) in [4.78, 5) is 26.8. The van der Waals surface area contributed by atoms with E-state index in [1.54, 1.807) is 6.92 Å². The van der Waals surface area contributed by atoms with Crippen molar-refractivity contribution >= 4 is 5.91 Å². The predicted molar refractivity (Wildman–Crippen MR) is 70.8 cm³/mol. The van der Waals surface area contributed by atoms with Crippen LogP contribution in [0.15, 0.2) is 17.1 Å². The zero-order chi connectivity index (χ0) is 13.2. The van der Waals surface area contributed by atoms with E-state index in [9.17, 15) is 9.59 Å². The summed E-state index contributed by atoms with van der Waals surface area (Å²) in [5.74, 6) is -0.263. The Kier molecular flexibility index (Phi) is 3.55. The van der Waals surface area contributed by atoms with E-state index < -0.39 is 0 Å². The molecule has 4 nitrogen and oxygen atoms in total. The van der Waals surface area contributed by atoms with Gasteiger partial charge in [0, 0.05) is 23.5 Å². The number of hydrogen-bond donors (Lipinski definition) is 2. The van der Waals surface area contributed by atoms with Gasteiger partial charge in [0.25, 0.3) is 5.91 Å². The van der Waals surface area contributed by atoms with E-state index in [2.05, 4.69) is 17.2 Å². The maximum atomic E-state index is 12.1. The molecule has 98 valence electrons. The molecule has 0 radical (unpaired) electrons. The molecule has 1 saturated carbocycles. The predicted octanol–water partition coefficient (Wildman–Crippen LogP) is 2.14. The number of aromatic nitrogens is 1. The Morgan fingerprint density at radius 1 is 1.33 bits per heavy atom. The van der Waals surface area contributed by atoms with Crippen LogP contribution in [0.3, 0.4) is 0 Å². The van der Waals surface area contributed by atoms with Gasteiger partial charge in [0.1, 0.15) is 5.56 Å². The highest BCUT2D eigenvalue weighted by atomic mass is 16.2. The van der Waals surface area contributed by atoms with Crippen LogP contribution in [0.25, 0.3) is 0 Å². The summed E-state index contributed by atoms with van der Waals surface area (Å²) in [7, 11) is 0. The van der Waals surface area contributed by atoms with Crippen molar-refractivity contribution in [1.29, 1.82) is 0 Å². The lowest BCUT2D eigenvalue weighted by molar-refractivity contribution is 0.0881. The molecule has 1 amide bonds. The maximum absolute atomic E-state index is 12.1. The van der Waals surface area contributed by atoms with Gasteiger partial charge in [-0.3, -0.25) is 9.59 Å². The molecule has 18 heavy (non-hydrogen) atoms. The molecule has 1 heterocycles. The van der Waals surface area contributed by atoms with Crippen molar-refractivity contribution in [2.75, 3.05) is 0 Å². The number of pyridine rings is 1. The molecule has 0 aliphatic heterocycles. The van der Waals surface area contributed by atoms with Gasteiger partial charge in [0.05, 0.1) is 0 Å². The van der Waals surface area contributed by atoms with Crippen LogP contribution < -0.4 is 10.7 Å². The summed E-state index contributed by atoms with van der Waals surface area (Å²) in [5.41, 5.74) is 0.586. The van der Waals surface area contributed by atoms with E-state index in [1.807, 2.05) is 0 Å².